The number of piperidine rings is 1. The summed E-state index contributed by atoms with van der Waals surface area (Å²) in [5, 5.41) is 3.28. The summed E-state index contributed by atoms with van der Waals surface area (Å²) in [6, 6.07) is 9.46. The van der Waals surface area contributed by atoms with Gasteiger partial charge in [0, 0.05) is 61.6 Å². The number of amides is 4. The van der Waals surface area contributed by atoms with Crippen LogP contribution in [0, 0.1) is 12.3 Å². The number of likely N-dealkylation sites (tertiary alicyclic amines) is 1. The number of imide groups is 1. The predicted molar refractivity (Wildman–Crippen MR) is 146 cm³/mol. The highest BCUT2D eigenvalue weighted by Gasteiger charge is 2.36. The van der Waals surface area contributed by atoms with E-state index in [4.69, 9.17) is 6.42 Å². The van der Waals surface area contributed by atoms with Gasteiger partial charge in [0.15, 0.2) is 0 Å². The van der Waals surface area contributed by atoms with Crippen LogP contribution in [0.3, 0.4) is 0 Å². The molecule has 0 spiro atoms. The molecule has 0 radical (unpaired) electrons. The van der Waals surface area contributed by atoms with E-state index in [0.29, 0.717) is 47.7 Å². The van der Waals surface area contributed by atoms with Crippen molar-refractivity contribution < 1.29 is 14.4 Å². The third-order valence-corrected chi connectivity index (χ3v) is 7.96. The molecule has 9 heteroatoms. The Hall–Kier alpha value is -4.84. The van der Waals surface area contributed by atoms with Crippen LogP contribution in [-0.2, 0) is 22.7 Å². The molecule has 3 aromatic heterocycles. The second-order valence-electron chi connectivity index (χ2n) is 10.3. The van der Waals surface area contributed by atoms with Crippen molar-refractivity contribution in [2.24, 2.45) is 0 Å². The smallest absolute Gasteiger partial charge is 0.320 e. The van der Waals surface area contributed by atoms with Gasteiger partial charge >= 0.3 is 6.03 Å². The lowest BCUT2D eigenvalue weighted by atomic mass is 9.96. The van der Waals surface area contributed by atoms with Gasteiger partial charge in [-0.15, -0.1) is 6.42 Å². The van der Waals surface area contributed by atoms with Crippen LogP contribution in [0.25, 0.3) is 27.7 Å². The number of urea groups is 1. The summed E-state index contributed by atoms with van der Waals surface area (Å²) in [7, 11) is 0. The van der Waals surface area contributed by atoms with E-state index in [2.05, 4.69) is 20.8 Å². The molecule has 9 nitrogen and oxygen atoms in total. The maximum absolute atomic E-state index is 13.4. The van der Waals surface area contributed by atoms with Gasteiger partial charge in [-0.2, -0.15) is 0 Å². The number of terminal acetylenes is 1. The van der Waals surface area contributed by atoms with Crippen LogP contribution in [0.15, 0.2) is 48.9 Å². The lowest BCUT2D eigenvalue weighted by Gasteiger charge is -2.32. The molecule has 4 amide bonds. The van der Waals surface area contributed by atoms with Crippen LogP contribution < -0.4 is 5.32 Å². The zero-order valence-electron chi connectivity index (χ0n) is 21.3. The Kier molecular flexibility index (Phi) is 5.30. The monoisotopic (exact) mass is 518 g/mol. The van der Waals surface area contributed by atoms with E-state index in [1.165, 1.54) is 0 Å². The lowest BCUT2D eigenvalue weighted by Crippen LogP contribution is -2.45. The number of imidazole rings is 1. The number of carbonyl (C=O) groups is 3. The third-order valence-electron chi connectivity index (χ3n) is 7.96. The van der Waals surface area contributed by atoms with E-state index in [1.54, 1.807) is 10.6 Å². The summed E-state index contributed by atoms with van der Waals surface area (Å²) in [6.07, 6.45) is 14.4. The van der Waals surface area contributed by atoms with Crippen molar-refractivity contribution >= 4 is 45.5 Å². The second kappa shape index (κ2) is 8.88. The molecule has 1 saturated heterocycles. The number of hydrogen-bond acceptors (Lipinski definition) is 4. The summed E-state index contributed by atoms with van der Waals surface area (Å²) < 4.78 is 3.89. The van der Waals surface area contributed by atoms with Gasteiger partial charge in [0.25, 0.3) is 11.8 Å². The van der Waals surface area contributed by atoms with Crippen molar-refractivity contribution in [3.63, 3.8) is 0 Å². The van der Waals surface area contributed by atoms with E-state index in [9.17, 15) is 14.4 Å². The zero-order chi connectivity index (χ0) is 26.7. The first-order valence-electron chi connectivity index (χ1n) is 13.2. The summed E-state index contributed by atoms with van der Waals surface area (Å²) in [6.45, 7) is 3.09. The van der Waals surface area contributed by atoms with Gasteiger partial charge in [0.1, 0.15) is 5.65 Å². The molecule has 1 fully saturated rings. The number of nitrogens with zero attached hydrogens (tertiary/aromatic N) is 5. The SMILES string of the molecule is C#Cc1cc2c3c(c1)c(C1=C(c4cnc5ccccn45)C(=O)NC1=O)cn3CCN(C(=O)N1CCCCC1)C2. The Bertz CT molecular complexity index is 1780. The van der Waals surface area contributed by atoms with Gasteiger partial charge in [0.2, 0.25) is 0 Å². The Morgan fingerprint density at radius 1 is 0.974 bits per heavy atom. The molecule has 1 aromatic carbocycles. The molecule has 0 saturated carbocycles. The topological polar surface area (TPSA) is 92.0 Å². The number of pyridine rings is 1. The minimum absolute atomic E-state index is 0.0540. The number of aromatic nitrogens is 3. The largest absolute Gasteiger partial charge is 0.345 e. The quantitative estimate of drug-likeness (QED) is 0.326. The van der Waals surface area contributed by atoms with Crippen molar-refractivity contribution in [2.45, 2.75) is 32.4 Å². The van der Waals surface area contributed by atoms with Crippen molar-refractivity contribution in [3.05, 3.63) is 71.3 Å². The van der Waals surface area contributed by atoms with Crippen LogP contribution >= 0.6 is 0 Å². The average Bonchev–Trinajstić information content (AvgIpc) is 3.58. The molecule has 0 unspecified atom stereocenters. The van der Waals surface area contributed by atoms with E-state index >= 15 is 0 Å². The second-order valence-corrected chi connectivity index (χ2v) is 10.3. The lowest BCUT2D eigenvalue weighted by molar-refractivity contribution is -0.122. The van der Waals surface area contributed by atoms with Crippen molar-refractivity contribution in [2.75, 3.05) is 19.6 Å². The average molecular weight is 519 g/mol. The number of rotatable bonds is 2. The standard InChI is InChI=1S/C30H26N6O3/c1-2-19-14-20-17-35(30(39)33-9-5-3-6-10-33)13-12-34-18-22(21(15-19)27(20)34)25-26(29(38)32-28(25)37)23-16-31-24-8-4-7-11-36(23)24/h1,4,7-8,11,14-16,18H,3,5-6,9-10,12-13,17H2,(H,32,37,38). The molecule has 1 N–H and O–H groups in total. The van der Waals surface area contributed by atoms with Gasteiger partial charge in [-0.1, -0.05) is 12.0 Å². The van der Waals surface area contributed by atoms with Gasteiger partial charge in [-0.3, -0.25) is 19.3 Å². The minimum Gasteiger partial charge on any atom is -0.345 e. The van der Waals surface area contributed by atoms with Crippen LogP contribution in [0.5, 0.6) is 0 Å². The first-order chi connectivity index (χ1) is 19.0. The fourth-order valence-electron chi connectivity index (χ4n) is 6.14. The fourth-order valence-corrected chi connectivity index (χ4v) is 6.14. The molecule has 4 aromatic rings. The minimum atomic E-state index is -0.458. The Labute approximate surface area is 224 Å². The van der Waals surface area contributed by atoms with Crippen molar-refractivity contribution in [3.8, 4) is 12.3 Å². The Morgan fingerprint density at radius 3 is 2.62 bits per heavy atom. The molecule has 194 valence electrons. The number of hydrogen-bond donors (Lipinski definition) is 1. The summed E-state index contributed by atoms with van der Waals surface area (Å²) in [4.78, 5) is 48.1. The van der Waals surface area contributed by atoms with E-state index in [1.807, 2.05) is 52.5 Å². The number of nitrogens with one attached hydrogen (secondary N) is 1. The molecular formula is C30H26N6O3. The van der Waals surface area contributed by atoms with Gasteiger partial charge in [-0.05, 0) is 49.1 Å². The van der Waals surface area contributed by atoms with E-state index < -0.39 is 11.8 Å². The molecule has 0 atom stereocenters. The Balaban J connectivity index is 1.39. The van der Waals surface area contributed by atoms with Crippen molar-refractivity contribution in [1.29, 1.82) is 0 Å². The molecular weight excluding hydrogens is 492 g/mol. The number of benzene rings is 1. The maximum atomic E-state index is 13.4. The zero-order valence-corrected chi connectivity index (χ0v) is 21.3. The van der Waals surface area contributed by atoms with Gasteiger partial charge < -0.3 is 14.4 Å². The third kappa shape index (κ3) is 3.63. The number of fused-ring (bicyclic) bond motifs is 1. The highest BCUT2D eigenvalue weighted by atomic mass is 16.2. The fraction of sp³-hybridized carbons (Fsp3) is 0.267. The number of carbonyl (C=O) groups excluding carboxylic acids is 3. The summed E-state index contributed by atoms with van der Waals surface area (Å²) >= 11 is 0. The molecule has 3 aliphatic rings. The molecule has 6 heterocycles. The normalized spacial score (nSPS) is 17.6. The summed E-state index contributed by atoms with van der Waals surface area (Å²) in [5.74, 6) is 1.82. The highest BCUT2D eigenvalue weighted by molar-refractivity contribution is 6.49. The summed E-state index contributed by atoms with van der Waals surface area (Å²) in [5.41, 5.74) is 4.96. The highest BCUT2D eigenvalue weighted by Crippen LogP contribution is 2.38. The van der Waals surface area contributed by atoms with Crippen LogP contribution in [0.1, 0.15) is 41.6 Å². The molecule has 3 aliphatic heterocycles. The molecule has 39 heavy (non-hydrogen) atoms. The van der Waals surface area contributed by atoms with Crippen LogP contribution in [0.2, 0.25) is 0 Å². The van der Waals surface area contributed by atoms with Gasteiger partial charge in [-0.25, -0.2) is 9.78 Å². The van der Waals surface area contributed by atoms with E-state index in [0.717, 1.165) is 48.8 Å². The van der Waals surface area contributed by atoms with Crippen LogP contribution in [0.4, 0.5) is 4.79 Å². The maximum Gasteiger partial charge on any atom is 0.320 e. The first-order valence-corrected chi connectivity index (χ1v) is 13.2. The molecule has 0 aliphatic carbocycles. The predicted octanol–water partition coefficient (Wildman–Crippen LogP) is 3.26. The first kappa shape index (κ1) is 23.3. The van der Waals surface area contributed by atoms with E-state index in [-0.39, 0.29) is 11.6 Å². The van der Waals surface area contributed by atoms with Crippen molar-refractivity contribution in [1.82, 2.24) is 29.1 Å². The van der Waals surface area contributed by atoms with Crippen LogP contribution in [-0.4, -0.2) is 61.2 Å². The van der Waals surface area contributed by atoms with Gasteiger partial charge in [0.05, 0.1) is 28.6 Å². The molecule has 7 rings (SSSR count). The molecule has 0 bridgehead atoms. The Morgan fingerprint density at radius 2 is 1.79 bits per heavy atom.